The van der Waals surface area contributed by atoms with Crippen molar-refractivity contribution in [3.05, 3.63) is 23.3 Å². The van der Waals surface area contributed by atoms with Crippen LogP contribution in [-0.4, -0.2) is 39.8 Å². The van der Waals surface area contributed by atoms with E-state index < -0.39 is 0 Å². The third-order valence-corrected chi connectivity index (χ3v) is 2.96. The number of hydrogen-bond acceptors (Lipinski definition) is 4. The standard InChI is InChI=1S/C13H19NO3.ClH/c1-14(2)7-13-10-6-12(16-4)11(15-3)5-9(10)8-17-13;/h5-6,13H,7-8H2,1-4H3;1H. The average Bonchev–Trinajstić information content (AvgIpc) is 2.69. The molecule has 0 bridgehead atoms. The van der Waals surface area contributed by atoms with E-state index in [-0.39, 0.29) is 18.5 Å². The van der Waals surface area contributed by atoms with Crippen molar-refractivity contribution in [2.75, 3.05) is 34.9 Å². The molecule has 1 aromatic carbocycles. The van der Waals surface area contributed by atoms with Gasteiger partial charge < -0.3 is 19.1 Å². The zero-order valence-electron chi connectivity index (χ0n) is 11.2. The minimum absolute atomic E-state index is 0. The monoisotopic (exact) mass is 273 g/mol. The molecule has 0 saturated heterocycles. The lowest BCUT2D eigenvalue weighted by Crippen LogP contribution is -2.19. The summed E-state index contributed by atoms with van der Waals surface area (Å²) in [6, 6.07) is 4.03. The molecule has 2 rings (SSSR count). The van der Waals surface area contributed by atoms with E-state index in [0.29, 0.717) is 6.61 Å². The highest BCUT2D eigenvalue weighted by molar-refractivity contribution is 5.85. The third kappa shape index (κ3) is 2.88. The van der Waals surface area contributed by atoms with E-state index >= 15 is 0 Å². The van der Waals surface area contributed by atoms with Crippen molar-refractivity contribution in [2.45, 2.75) is 12.7 Å². The molecule has 4 nitrogen and oxygen atoms in total. The number of nitrogens with zero attached hydrogens (tertiary/aromatic N) is 1. The first-order valence-electron chi connectivity index (χ1n) is 5.66. The fourth-order valence-electron chi connectivity index (χ4n) is 2.12. The zero-order chi connectivity index (χ0) is 12.4. The van der Waals surface area contributed by atoms with Gasteiger partial charge >= 0.3 is 0 Å². The van der Waals surface area contributed by atoms with Crippen LogP contribution in [0.3, 0.4) is 0 Å². The molecular formula is C13H20ClNO3. The minimum atomic E-state index is 0. The number of rotatable bonds is 4. The SMILES string of the molecule is COc1cc2c(cc1OC)C(CN(C)C)OC2.Cl. The van der Waals surface area contributed by atoms with Crippen LogP contribution in [0.4, 0.5) is 0 Å². The Morgan fingerprint density at radius 1 is 1.22 bits per heavy atom. The molecule has 5 heteroatoms. The summed E-state index contributed by atoms with van der Waals surface area (Å²) in [4.78, 5) is 2.12. The highest BCUT2D eigenvalue weighted by Crippen LogP contribution is 2.39. The van der Waals surface area contributed by atoms with Gasteiger partial charge in [-0.1, -0.05) is 0 Å². The Morgan fingerprint density at radius 2 is 1.83 bits per heavy atom. The van der Waals surface area contributed by atoms with Crippen molar-refractivity contribution in [2.24, 2.45) is 0 Å². The van der Waals surface area contributed by atoms with Crippen molar-refractivity contribution >= 4 is 12.4 Å². The number of fused-ring (bicyclic) bond motifs is 1. The Morgan fingerprint density at radius 3 is 2.39 bits per heavy atom. The van der Waals surface area contributed by atoms with Gasteiger partial charge in [-0.05, 0) is 37.4 Å². The van der Waals surface area contributed by atoms with Gasteiger partial charge in [-0.15, -0.1) is 12.4 Å². The van der Waals surface area contributed by atoms with Crippen LogP contribution in [-0.2, 0) is 11.3 Å². The molecule has 1 aliphatic rings. The molecule has 0 aliphatic carbocycles. The van der Waals surface area contributed by atoms with E-state index in [9.17, 15) is 0 Å². The Bertz CT molecular complexity index is 409. The number of ether oxygens (including phenoxy) is 3. The predicted molar refractivity (Wildman–Crippen MR) is 72.9 cm³/mol. The lowest BCUT2D eigenvalue weighted by atomic mass is 10.0. The number of halogens is 1. The van der Waals surface area contributed by atoms with E-state index in [1.54, 1.807) is 14.2 Å². The molecule has 0 saturated carbocycles. The Kier molecular flexibility index (Phi) is 5.26. The van der Waals surface area contributed by atoms with Gasteiger partial charge in [0.2, 0.25) is 0 Å². The maximum atomic E-state index is 5.78. The average molecular weight is 274 g/mol. The third-order valence-electron chi connectivity index (χ3n) is 2.96. The molecule has 102 valence electrons. The second-order valence-electron chi connectivity index (χ2n) is 4.47. The quantitative estimate of drug-likeness (QED) is 0.842. The molecule has 0 spiro atoms. The molecule has 0 fully saturated rings. The Balaban J connectivity index is 0.00000162. The van der Waals surface area contributed by atoms with Crippen molar-refractivity contribution in [1.82, 2.24) is 4.90 Å². The normalized spacial score (nSPS) is 17.3. The van der Waals surface area contributed by atoms with Gasteiger partial charge in [-0.3, -0.25) is 0 Å². The van der Waals surface area contributed by atoms with Crippen molar-refractivity contribution in [3.8, 4) is 11.5 Å². The molecule has 0 radical (unpaired) electrons. The summed E-state index contributed by atoms with van der Waals surface area (Å²) in [6.45, 7) is 1.52. The van der Waals surface area contributed by atoms with Gasteiger partial charge in [0.25, 0.3) is 0 Å². The van der Waals surface area contributed by atoms with Crippen LogP contribution in [0.25, 0.3) is 0 Å². The summed E-state index contributed by atoms with van der Waals surface area (Å²) in [5.41, 5.74) is 2.39. The van der Waals surface area contributed by atoms with Gasteiger partial charge in [0.15, 0.2) is 11.5 Å². The van der Waals surface area contributed by atoms with E-state index in [1.165, 1.54) is 11.1 Å². The second kappa shape index (κ2) is 6.27. The summed E-state index contributed by atoms with van der Waals surface area (Å²) in [6.07, 6.45) is 0.125. The lowest BCUT2D eigenvalue weighted by molar-refractivity contribution is 0.0474. The highest BCUT2D eigenvalue weighted by Gasteiger charge is 2.26. The maximum absolute atomic E-state index is 5.78. The largest absolute Gasteiger partial charge is 0.493 e. The van der Waals surface area contributed by atoms with Crippen molar-refractivity contribution < 1.29 is 14.2 Å². The smallest absolute Gasteiger partial charge is 0.161 e. The molecule has 1 aromatic rings. The van der Waals surface area contributed by atoms with Crippen LogP contribution >= 0.6 is 12.4 Å². The maximum Gasteiger partial charge on any atom is 0.161 e. The first-order chi connectivity index (χ1) is 8.15. The van der Waals surface area contributed by atoms with Crippen molar-refractivity contribution in [3.63, 3.8) is 0 Å². The van der Waals surface area contributed by atoms with Gasteiger partial charge in [0.1, 0.15) is 0 Å². The molecular weight excluding hydrogens is 254 g/mol. The molecule has 0 N–H and O–H groups in total. The van der Waals surface area contributed by atoms with E-state index in [2.05, 4.69) is 4.90 Å². The molecule has 18 heavy (non-hydrogen) atoms. The summed E-state index contributed by atoms with van der Waals surface area (Å²) in [7, 11) is 7.39. The fraction of sp³-hybridized carbons (Fsp3) is 0.538. The number of methoxy groups -OCH3 is 2. The summed E-state index contributed by atoms with van der Waals surface area (Å²) in [5, 5.41) is 0. The van der Waals surface area contributed by atoms with E-state index in [4.69, 9.17) is 14.2 Å². The topological polar surface area (TPSA) is 30.9 Å². The molecule has 1 heterocycles. The fourth-order valence-corrected chi connectivity index (χ4v) is 2.12. The van der Waals surface area contributed by atoms with Crippen molar-refractivity contribution in [1.29, 1.82) is 0 Å². The zero-order valence-corrected chi connectivity index (χ0v) is 12.0. The van der Waals surface area contributed by atoms with Crippen LogP contribution < -0.4 is 9.47 Å². The lowest BCUT2D eigenvalue weighted by Gasteiger charge is -2.17. The minimum Gasteiger partial charge on any atom is -0.493 e. The van der Waals surface area contributed by atoms with Gasteiger partial charge in [-0.2, -0.15) is 0 Å². The van der Waals surface area contributed by atoms with Gasteiger partial charge in [0, 0.05) is 6.54 Å². The Labute approximate surface area is 114 Å². The second-order valence-corrected chi connectivity index (χ2v) is 4.47. The molecule has 1 aliphatic heterocycles. The van der Waals surface area contributed by atoms with Crippen LogP contribution in [0.5, 0.6) is 11.5 Å². The Hall–Kier alpha value is -0.970. The summed E-state index contributed by atoms with van der Waals surface area (Å²) in [5.74, 6) is 1.53. The molecule has 0 aromatic heterocycles. The number of hydrogen-bond donors (Lipinski definition) is 0. The molecule has 1 unspecified atom stereocenters. The molecule has 0 amide bonds. The first kappa shape index (κ1) is 15.1. The molecule has 1 atom stereocenters. The number of benzene rings is 1. The van der Waals surface area contributed by atoms with Gasteiger partial charge in [0.05, 0.1) is 26.9 Å². The summed E-state index contributed by atoms with van der Waals surface area (Å²) >= 11 is 0. The van der Waals surface area contributed by atoms with Crippen LogP contribution in [0.15, 0.2) is 12.1 Å². The van der Waals surface area contributed by atoms with E-state index in [1.807, 2.05) is 26.2 Å². The first-order valence-corrected chi connectivity index (χ1v) is 5.66. The van der Waals surface area contributed by atoms with Crippen LogP contribution in [0.1, 0.15) is 17.2 Å². The predicted octanol–water partition coefficient (Wildman–Crippen LogP) is 2.26. The van der Waals surface area contributed by atoms with Crippen LogP contribution in [0, 0.1) is 0 Å². The number of likely N-dealkylation sites (N-methyl/N-ethyl adjacent to an activating group) is 1. The summed E-state index contributed by atoms with van der Waals surface area (Å²) < 4.78 is 16.4. The van der Waals surface area contributed by atoms with Crippen LogP contribution in [0.2, 0.25) is 0 Å². The van der Waals surface area contributed by atoms with Gasteiger partial charge in [-0.25, -0.2) is 0 Å². The van der Waals surface area contributed by atoms with E-state index in [0.717, 1.165) is 18.0 Å². The highest BCUT2D eigenvalue weighted by atomic mass is 35.5.